The van der Waals surface area contributed by atoms with E-state index in [1.165, 1.54) is 6.08 Å². The lowest BCUT2D eigenvalue weighted by atomic mass is 9.95. The first kappa shape index (κ1) is 28.9. The van der Waals surface area contributed by atoms with Crippen LogP contribution in [0.5, 0.6) is 6.01 Å². The summed E-state index contributed by atoms with van der Waals surface area (Å²) in [6, 6.07) is 11.4. The van der Waals surface area contributed by atoms with Crippen LogP contribution < -0.4 is 9.64 Å². The Hall–Kier alpha value is -3.82. The monoisotopic (exact) mass is 614 g/mol. The van der Waals surface area contributed by atoms with Crippen LogP contribution in [-0.4, -0.2) is 82.1 Å². The Morgan fingerprint density at radius 1 is 1.18 bits per heavy atom. The molecule has 7 rings (SSSR count). The fraction of sp³-hybridized carbons (Fsp3) is 0.412. The topological polar surface area (TPSA) is 74.7 Å². The molecule has 3 aliphatic heterocycles. The normalized spacial score (nSPS) is 21.2. The van der Waals surface area contributed by atoms with E-state index < -0.39 is 5.82 Å². The first-order valence-corrected chi connectivity index (χ1v) is 15.7. The van der Waals surface area contributed by atoms with E-state index in [9.17, 15) is 4.79 Å². The molecule has 4 aromatic rings. The summed E-state index contributed by atoms with van der Waals surface area (Å²) < 4.78 is 23.1. The number of likely N-dealkylation sites (N-methyl/N-ethyl adjacent to an activating group) is 1. The van der Waals surface area contributed by atoms with Crippen molar-refractivity contribution in [3.63, 3.8) is 0 Å². The Kier molecular flexibility index (Phi) is 7.41. The summed E-state index contributed by atoms with van der Waals surface area (Å²) in [6.45, 7) is 9.47. The highest BCUT2D eigenvalue weighted by Gasteiger charge is 2.45. The van der Waals surface area contributed by atoms with E-state index in [0.29, 0.717) is 41.5 Å². The lowest BCUT2D eigenvalue weighted by Gasteiger charge is -2.32. The molecular weight excluding hydrogens is 579 g/mol. The molecule has 1 unspecified atom stereocenters. The summed E-state index contributed by atoms with van der Waals surface area (Å²) in [5.41, 5.74) is 0.890. The number of likely N-dealkylation sites (tertiary alicyclic amines) is 1. The molecule has 0 spiro atoms. The average Bonchev–Trinajstić information content (AvgIpc) is 3.73. The number of anilines is 1. The average molecular weight is 615 g/mol. The van der Waals surface area contributed by atoms with E-state index in [-0.39, 0.29) is 40.6 Å². The van der Waals surface area contributed by atoms with Crippen molar-refractivity contribution >= 4 is 45.0 Å². The fourth-order valence-corrected chi connectivity index (χ4v) is 7.90. The van der Waals surface area contributed by atoms with Crippen molar-refractivity contribution in [2.75, 3.05) is 44.7 Å². The van der Waals surface area contributed by atoms with E-state index in [0.717, 1.165) is 49.5 Å². The molecule has 2 aromatic carbocycles. The zero-order valence-electron chi connectivity index (χ0n) is 25.1. The minimum absolute atomic E-state index is 0.0163. The van der Waals surface area contributed by atoms with Crippen LogP contribution in [0.25, 0.3) is 32.9 Å². The molecule has 2 atom stereocenters. The van der Waals surface area contributed by atoms with Crippen LogP contribution in [0.4, 0.5) is 10.2 Å². The van der Waals surface area contributed by atoms with E-state index in [2.05, 4.69) is 28.4 Å². The third-order valence-corrected chi connectivity index (χ3v) is 10.2. The first-order chi connectivity index (χ1) is 21.3. The van der Waals surface area contributed by atoms with E-state index in [1.807, 2.05) is 42.3 Å². The molecule has 5 heterocycles. The highest BCUT2D eigenvalue weighted by molar-refractivity contribution is 6.36. The molecule has 228 valence electrons. The number of fused-ring (bicyclic) bond motifs is 3. The molecule has 10 heteroatoms. The van der Waals surface area contributed by atoms with E-state index in [4.69, 9.17) is 21.3 Å². The van der Waals surface area contributed by atoms with Gasteiger partial charge in [-0.15, -0.1) is 0 Å². The van der Waals surface area contributed by atoms with Crippen LogP contribution in [0.3, 0.4) is 0 Å². The number of rotatable bonds is 7. The summed E-state index contributed by atoms with van der Waals surface area (Å²) in [5.74, 6) is 0.0158. The number of ether oxygens (including phenoxy) is 1. The molecule has 0 N–H and O–H groups in total. The highest BCUT2D eigenvalue weighted by Crippen LogP contribution is 2.41. The van der Waals surface area contributed by atoms with Gasteiger partial charge < -0.3 is 14.5 Å². The molecule has 44 heavy (non-hydrogen) atoms. The molecule has 0 aliphatic carbocycles. The Morgan fingerprint density at radius 2 is 1.93 bits per heavy atom. The molecular formula is C34H36ClFN6O2. The van der Waals surface area contributed by atoms with Crippen LogP contribution in [0, 0.1) is 11.7 Å². The number of hydrogen-bond donors (Lipinski definition) is 0. The Morgan fingerprint density at radius 3 is 2.68 bits per heavy atom. The van der Waals surface area contributed by atoms with Gasteiger partial charge in [0.15, 0.2) is 5.82 Å². The van der Waals surface area contributed by atoms with Crippen molar-refractivity contribution in [1.82, 2.24) is 24.8 Å². The molecule has 0 bridgehead atoms. The smallest absolute Gasteiger partial charge is 0.319 e. The van der Waals surface area contributed by atoms with Crippen molar-refractivity contribution in [3.8, 4) is 17.3 Å². The largest absolute Gasteiger partial charge is 0.461 e. The minimum Gasteiger partial charge on any atom is -0.461 e. The quantitative estimate of drug-likeness (QED) is 0.232. The Balaban J connectivity index is 1.34. The van der Waals surface area contributed by atoms with Gasteiger partial charge in [-0.2, -0.15) is 9.97 Å². The summed E-state index contributed by atoms with van der Waals surface area (Å²) in [7, 11) is 1.93. The lowest BCUT2D eigenvalue weighted by Crippen LogP contribution is -2.43. The van der Waals surface area contributed by atoms with Gasteiger partial charge in [-0.05, 0) is 62.2 Å². The molecule has 3 aliphatic rings. The zero-order valence-corrected chi connectivity index (χ0v) is 25.9. The van der Waals surface area contributed by atoms with Gasteiger partial charge in [0.25, 0.3) is 0 Å². The third-order valence-electron chi connectivity index (χ3n) is 9.92. The van der Waals surface area contributed by atoms with Crippen LogP contribution >= 0.6 is 11.6 Å². The third kappa shape index (κ3) is 4.77. The maximum absolute atomic E-state index is 16.7. The second-order valence-corrected chi connectivity index (χ2v) is 12.9. The van der Waals surface area contributed by atoms with Crippen molar-refractivity contribution in [1.29, 1.82) is 0 Å². The van der Waals surface area contributed by atoms with Crippen LogP contribution in [-0.2, 0) is 4.79 Å². The molecule has 0 saturated carbocycles. The fourth-order valence-electron chi connectivity index (χ4n) is 7.62. The van der Waals surface area contributed by atoms with Gasteiger partial charge in [-0.25, -0.2) is 4.39 Å². The predicted octanol–water partition coefficient (Wildman–Crippen LogP) is 6.11. The number of hydrogen-bond acceptors (Lipinski definition) is 7. The maximum Gasteiger partial charge on any atom is 0.319 e. The van der Waals surface area contributed by atoms with Gasteiger partial charge in [-0.1, -0.05) is 55.4 Å². The van der Waals surface area contributed by atoms with Gasteiger partial charge in [0, 0.05) is 42.3 Å². The number of pyridine rings is 1. The number of aromatic nitrogens is 3. The van der Waals surface area contributed by atoms with E-state index >= 15 is 4.39 Å². The van der Waals surface area contributed by atoms with Crippen molar-refractivity contribution in [2.45, 2.75) is 44.2 Å². The minimum atomic E-state index is -0.554. The maximum atomic E-state index is 16.7. The van der Waals surface area contributed by atoms with Crippen molar-refractivity contribution < 1.29 is 13.9 Å². The van der Waals surface area contributed by atoms with Gasteiger partial charge in [0.05, 0.1) is 17.0 Å². The first-order valence-electron chi connectivity index (χ1n) is 15.4. The lowest BCUT2D eigenvalue weighted by molar-refractivity contribution is -0.125. The van der Waals surface area contributed by atoms with E-state index in [1.54, 1.807) is 17.2 Å². The Bertz CT molecular complexity index is 1770. The zero-order chi connectivity index (χ0) is 30.6. The number of amides is 1. The SMILES string of the molecule is C=CC(=O)N1CC(N(C)c2nc(OCC34CCCN3CCC4)nc3c(F)c(-c4cccc5cccc(Cl)c45)ncc23)[C@@H](C)C1. The van der Waals surface area contributed by atoms with Gasteiger partial charge in [-0.3, -0.25) is 14.7 Å². The van der Waals surface area contributed by atoms with Crippen LogP contribution in [0.2, 0.25) is 5.02 Å². The summed E-state index contributed by atoms with van der Waals surface area (Å²) in [6.07, 6.45) is 7.42. The van der Waals surface area contributed by atoms with Gasteiger partial charge in [0.1, 0.15) is 23.6 Å². The second kappa shape index (κ2) is 11.3. The molecule has 8 nitrogen and oxygen atoms in total. The van der Waals surface area contributed by atoms with Crippen LogP contribution in [0.1, 0.15) is 32.6 Å². The molecule has 2 aromatic heterocycles. The number of nitrogens with zero attached hydrogens (tertiary/aromatic N) is 6. The second-order valence-electron chi connectivity index (χ2n) is 12.5. The molecule has 0 radical (unpaired) electrons. The number of carbonyl (C=O) groups is 1. The number of benzene rings is 2. The summed E-state index contributed by atoms with van der Waals surface area (Å²) in [4.78, 5) is 32.9. The number of carbonyl (C=O) groups excluding carboxylic acids is 1. The summed E-state index contributed by atoms with van der Waals surface area (Å²) in [5, 5.41) is 2.64. The standard InChI is InChI=1S/C34H36ClFN6O2/c1-4-27(43)41-18-21(2)26(19-41)40(3)32-24-17-37-30(23-11-5-9-22-10-6-12-25(35)28(22)23)29(36)31(24)38-33(39-32)44-20-34-13-7-15-42(34)16-8-14-34/h4-6,9-12,17,21,26H,1,7-8,13-16,18-20H2,2-3H3/t21-,26?/m0/s1. The summed E-state index contributed by atoms with van der Waals surface area (Å²) >= 11 is 6.61. The molecule has 3 saturated heterocycles. The van der Waals surface area contributed by atoms with Crippen LogP contribution in [0.15, 0.2) is 55.3 Å². The molecule has 3 fully saturated rings. The highest BCUT2D eigenvalue weighted by atomic mass is 35.5. The van der Waals surface area contributed by atoms with Crippen molar-refractivity contribution in [3.05, 3.63) is 66.1 Å². The predicted molar refractivity (Wildman–Crippen MR) is 172 cm³/mol. The van der Waals surface area contributed by atoms with Crippen molar-refractivity contribution in [2.24, 2.45) is 5.92 Å². The number of halogens is 2. The molecule has 1 amide bonds. The van der Waals surface area contributed by atoms with Gasteiger partial charge in [0.2, 0.25) is 5.91 Å². The van der Waals surface area contributed by atoms with Gasteiger partial charge >= 0.3 is 6.01 Å². The Labute approximate surface area is 261 Å².